The molecule has 0 spiro atoms. The van der Waals surface area contributed by atoms with Crippen LogP contribution in [0, 0.1) is 0 Å². The summed E-state index contributed by atoms with van der Waals surface area (Å²) in [6.07, 6.45) is 0. The largest absolute Gasteiger partial charge is 0.324 e. The Morgan fingerprint density at radius 3 is 2.55 bits per heavy atom. The highest BCUT2D eigenvalue weighted by atomic mass is 35.7. The van der Waals surface area contributed by atoms with Crippen LogP contribution in [0.5, 0.6) is 0 Å². The van der Waals surface area contributed by atoms with E-state index in [0.717, 1.165) is 0 Å². The van der Waals surface area contributed by atoms with Crippen molar-refractivity contribution in [1.29, 1.82) is 0 Å². The summed E-state index contributed by atoms with van der Waals surface area (Å²) in [5, 5.41) is 0. The molecule has 0 bridgehead atoms. The van der Waals surface area contributed by atoms with Crippen LogP contribution in [0.1, 0.15) is 19.4 Å². The SMILES string of the molecule is CC(C)N1CCN(c2cccc(CS(=O)(=O)Cl)c2)C1=O. The standard InChI is InChI=1S/C13H17ClN2O3S/c1-10(2)15-6-7-16(13(15)17)12-5-3-4-11(8-12)9-20(14,18)19/h3-5,8,10H,6-7,9H2,1-2H3. The quantitative estimate of drug-likeness (QED) is 0.801. The Kier molecular flexibility index (Phi) is 4.25. The maximum atomic E-state index is 12.3. The van der Waals surface area contributed by atoms with Crippen LogP contribution in [0.3, 0.4) is 0 Å². The van der Waals surface area contributed by atoms with Gasteiger partial charge in [-0.1, -0.05) is 12.1 Å². The molecule has 7 heteroatoms. The van der Waals surface area contributed by atoms with Crippen LogP contribution in [-0.4, -0.2) is 38.5 Å². The molecule has 1 aromatic rings. The zero-order valence-corrected chi connectivity index (χ0v) is 13.0. The average Bonchev–Trinajstić information content (AvgIpc) is 2.69. The van der Waals surface area contributed by atoms with Gasteiger partial charge in [-0.25, -0.2) is 13.2 Å². The molecule has 1 heterocycles. The van der Waals surface area contributed by atoms with Crippen molar-refractivity contribution in [3.05, 3.63) is 29.8 Å². The van der Waals surface area contributed by atoms with E-state index >= 15 is 0 Å². The molecular formula is C13H17ClN2O3S. The Labute approximate surface area is 123 Å². The number of benzene rings is 1. The van der Waals surface area contributed by atoms with Crippen LogP contribution < -0.4 is 4.90 Å². The van der Waals surface area contributed by atoms with Crippen molar-refractivity contribution in [3.8, 4) is 0 Å². The van der Waals surface area contributed by atoms with E-state index in [9.17, 15) is 13.2 Å². The molecular weight excluding hydrogens is 300 g/mol. The van der Waals surface area contributed by atoms with E-state index in [1.165, 1.54) is 0 Å². The zero-order chi connectivity index (χ0) is 14.9. The molecule has 20 heavy (non-hydrogen) atoms. The minimum Gasteiger partial charge on any atom is -0.320 e. The summed E-state index contributed by atoms with van der Waals surface area (Å²) in [6, 6.07) is 7.01. The van der Waals surface area contributed by atoms with Crippen molar-refractivity contribution in [2.75, 3.05) is 18.0 Å². The van der Waals surface area contributed by atoms with Crippen LogP contribution in [0.4, 0.5) is 10.5 Å². The van der Waals surface area contributed by atoms with Crippen molar-refractivity contribution >= 4 is 31.5 Å². The Morgan fingerprint density at radius 2 is 2.00 bits per heavy atom. The summed E-state index contributed by atoms with van der Waals surface area (Å²) in [6.45, 7) is 5.22. The van der Waals surface area contributed by atoms with Crippen molar-refractivity contribution in [2.24, 2.45) is 0 Å². The third-order valence-electron chi connectivity index (χ3n) is 3.23. The van der Waals surface area contributed by atoms with Crippen LogP contribution >= 0.6 is 10.7 Å². The Balaban J connectivity index is 2.22. The fourth-order valence-corrected chi connectivity index (χ4v) is 3.24. The number of halogens is 1. The number of rotatable bonds is 4. The predicted molar refractivity (Wildman–Crippen MR) is 79.5 cm³/mol. The monoisotopic (exact) mass is 316 g/mol. The molecule has 2 rings (SSSR count). The second-order valence-corrected chi connectivity index (χ2v) is 7.85. The van der Waals surface area contributed by atoms with E-state index in [2.05, 4.69) is 0 Å². The topological polar surface area (TPSA) is 57.7 Å². The first-order valence-electron chi connectivity index (χ1n) is 6.37. The summed E-state index contributed by atoms with van der Waals surface area (Å²) in [5.41, 5.74) is 1.28. The van der Waals surface area contributed by atoms with Crippen molar-refractivity contribution in [3.63, 3.8) is 0 Å². The van der Waals surface area contributed by atoms with E-state index in [1.807, 2.05) is 13.8 Å². The number of amides is 2. The third-order valence-corrected chi connectivity index (χ3v) is 4.23. The van der Waals surface area contributed by atoms with E-state index in [-0.39, 0.29) is 17.8 Å². The van der Waals surface area contributed by atoms with Crippen LogP contribution in [-0.2, 0) is 14.8 Å². The molecule has 1 aliphatic rings. The van der Waals surface area contributed by atoms with Gasteiger partial charge in [0, 0.05) is 35.5 Å². The fourth-order valence-electron chi connectivity index (χ4n) is 2.29. The lowest BCUT2D eigenvalue weighted by Gasteiger charge is -2.22. The molecule has 1 aliphatic heterocycles. The fraction of sp³-hybridized carbons (Fsp3) is 0.462. The molecule has 0 N–H and O–H groups in total. The summed E-state index contributed by atoms with van der Waals surface area (Å²) in [7, 11) is 1.66. The lowest BCUT2D eigenvalue weighted by Crippen LogP contribution is -2.36. The van der Waals surface area contributed by atoms with Crippen LogP contribution in [0.25, 0.3) is 0 Å². The number of carbonyl (C=O) groups is 1. The molecule has 110 valence electrons. The second-order valence-electron chi connectivity index (χ2n) is 5.07. The molecule has 2 amide bonds. The highest BCUT2D eigenvalue weighted by molar-refractivity contribution is 8.13. The van der Waals surface area contributed by atoms with Gasteiger partial charge >= 0.3 is 6.03 Å². The Bertz CT molecular complexity index is 616. The van der Waals surface area contributed by atoms with Gasteiger partial charge < -0.3 is 4.90 Å². The molecule has 0 aromatic heterocycles. The Hall–Kier alpha value is -1.27. The minimum absolute atomic E-state index is 0.0501. The minimum atomic E-state index is -3.60. The molecule has 1 aromatic carbocycles. The first-order chi connectivity index (χ1) is 9.28. The van der Waals surface area contributed by atoms with Gasteiger partial charge in [-0.05, 0) is 31.5 Å². The number of carbonyl (C=O) groups excluding carboxylic acids is 1. The third kappa shape index (κ3) is 3.43. The molecule has 1 saturated heterocycles. The highest BCUT2D eigenvalue weighted by Gasteiger charge is 2.31. The number of anilines is 1. The summed E-state index contributed by atoms with van der Waals surface area (Å²) in [5.74, 6) is -0.238. The molecule has 5 nitrogen and oxygen atoms in total. The predicted octanol–water partition coefficient (Wildman–Crippen LogP) is 2.41. The molecule has 0 saturated carbocycles. The van der Waals surface area contributed by atoms with E-state index < -0.39 is 9.05 Å². The normalized spacial score (nSPS) is 16.3. The summed E-state index contributed by atoms with van der Waals surface area (Å²) < 4.78 is 22.2. The number of urea groups is 1. The Morgan fingerprint density at radius 1 is 1.30 bits per heavy atom. The van der Waals surface area contributed by atoms with Gasteiger partial charge in [-0.2, -0.15) is 0 Å². The van der Waals surface area contributed by atoms with Crippen molar-refractivity contribution in [1.82, 2.24) is 4.90 Å². The first-order valence-corrected chi connectivity index (χ1v) is 8.85. The average molecular weight is 317 g/mol. The van der Waals surface area contributed by atoms with Gasteiger partial charge in [-0.3, -0.25) is 4.90 Å². The van der Waals surface area contributed by atoms with E-state index in [0.29, 0.717) is 24.3 Å². The lowest BCUT2D eigenvalue weighted by molar-refractivity contribution is 0.209. The van der Waals surface area contributed by atoms with Gasteiger partial charge in [0.15, 0.2) is 0 Å². The maximum Gasteiger partial charge on any atom is 0.324 e. The molecule has 0 atom stereocenters. The van der Waals surface area contributed by atoms with Gasteiger partial charge in [0.1, 0.15) is 0 Å². The van der Waals surface area contributed by atoms with Gasteiger partial charge in [0.25, 0.3) is 0 Å². The molecule has 1 fully saturated rings. The number of hydrogen-bond donors (Lipinski definition) is 0. The summed E-state index contributed by atoms with van der Waals surface area (Å²) >= 11 is 0. The van der Waals surface area contributed by atoms with Crippen molar-refractivity contribution in [2.45, 2.75) is 25.6 Å². The maximum absolute atomic E-state index is 12.3. The number of nitrogens with zero attached hydrogens (tertiary/aromatic N) is 2. The van der Waals surface area contributed by atoms with Crippen LogP contribution in [0.2, 0.25) is 0 Å². The van der Waals surface area contributed by atoms with Crippen LogP contribution in [0.15, 0.2) is 24.3 Å². The van der Waals surface area contributed by atoms with E-state index in [1.54, 1.807) is 34.1 Å². The van der Waals surface area contributed by atoms with Gasteiger partial charge in [-0.15, -0.1) is 0 Å². The molecule has 0 aliphatic carbocycles. The lowest BCUT2D eigenvalue weighted by atomic mass is 10.2. The highest BCUT2D eigenvalue weighted by Crippen LogP contribution is 2.23. The van der Waals surface area contributed by atoms with Gasteiger partial charge in [0.05, 0.1) is 5.75 Å². The molecule has 0 radical (unpaired) electrons. The summed E-state index contributed by atoms with van der Waals surface area (Å²) in [4.78, 5) is 15.7. The zero-order valence-electron chi connectivity index (χ0n) is 11.4. The smallest absolute Gasteiger partial charge is 0.320 e. The van der Waals surface area contributed by atoms with Gasteiger partial charge in [0.2, 0.25) is 9.05 Å². The molecule has 0 unspecified atom stereocenters. The second kappa shape index (κ2) is 5.61. The van der Waals surface area contributed by atoms with Crippen molar-refractivity contribution < 1.29 is 13.2 Å². The van der Waals surface area contributed by atoms with E-state index in [4.69, 9.17) is 10.7 Å². The first kappa shape index (κ1) is 15.1. The number of hydrogen-bond acceptors (Lipinski definition) is 3.